The molecule has 2 rings (SSSR count). The fraction of sp³-hybridized carbons (Fsp3) is 0.294. The van der Waals surface area contributed by atoms with Crippen LogP contribution in [0.2, 0.25) is 0 Å². The number of benzene rings is 1. The van der Waals surface area contributed by atoms with Gasteiger partial charge in [0.1, 0.15) is 12.3 Å². The standard InChI is InChI=1S/C17H19FN2O4/c1-12(20-17(22)13-7-10-23-11-13)16(21)19-8-4-9-24-15-6-3-2-5-14(15)18/h2-3,5-7,10-12H,4,8-9H2,1H3,(H,19,21)(H,20,22)/t12-/m0/s1. The number of para-hydroxylation sites is 1. The van der Waals surface area contributed by atoms with Gasteiger partial charge in [0.25, 0.3) is 5.91 Å². The predicted octanol–water partition coefficient (Wildman–Crippen LogP) is 2.12. The third kappa shape index (κ3) is 5.12. The number of hydrogen-bond acceptors (Lipinski definition) is 4. The number of carbonyl (C=O) groups excluding carboxylic acids is 2. The second-order valence-corrected chi connectivity index (χ2v) is 5.13. The Kier molecular flexibility index (Phi) is 6.36. The summed E-state index contributed by atoms with van der Waals surface area (Å²) in [7, 11) is 0. The Hall–Kier alpha value is -2.83. The van der Waals surface area contributed by atoms with Crippen LogP contribution in [0.25, 0.3) is 0 Å². The Balaban J connectivity index is 1.64. The Bertz CT molecular complexity index is 673. The van der Waals surface area contributed by atoms with E-state index in [0.717, 1.165) is 0 Å². The van der Waals surface area contributed by atoms with E-state index in [2.05, 4.69) is 10.6 Å². The van der Waals surface area contributed by atoms with Crippen LogP contribution in [-0.2, 0) is 4.79 Å². The van der Waals surface area contributed by atoms with Crippen molar-refractivity contribution in [3.63, 3.8) is 0 Å². The maximum atomic E-state index is 13.3. The SMILES string of the molecule is C[C@H](NC(=O)c1ccoc1)C(=O)NCCCOc1ccccc1F. The van der Waals surface area contributed by atoms with Gasteiger partial charge in [-0.15, -0.1) is 0 Å². The lowest BCUT2D eigenvalue weighted by molar-refractivity contribution is -0.122. The molecule has 7 heteroatoms. The summed E-state index contributed by atoms with van der Waals surface area (Å²) in [5.41, 5.74) is 0.355. The topological polar surface area (TPSA) is 80.6 Å². The molecule has 0 radical (unpaired) electrons. The predicted molar refractivity (Wildman–Crippen MR) is 85.2 cm³/mol. The quantitative estimate of drug-likeness (QED) is 0.725. The van der Waals surface area contributed by atoms with Crippen LogP contribution in [0.1, 0.15) is 23.7 Å². The monoisotopic (exact) mass is 334 g/mol. The first-order valence-corrected chi connectivity index (χ1v) is 7.56. The highest BCUT2D eigenvalue weighted by Gasteiger charge is 2.16. The Morgan fingerprint density at radius 2 is 2.08 bits per heavy atom. The van der Waals surface area contributed by atoms with E-state index in [-0.39, 0.29) is 24.2 Å². The second kappa shape index (κ2) is 8.71. The molecule has 1 aromatic heterocycles. The van der Waals surface area contributed by atoms with Gasteiger partial charge in [0.2, 0.25) is 5.91 Å². The molecule has 0 saturated heterocycles. The molecule has 0 saturated carbocycles. The average molecular weight is 334 g/mol. The Labute approximate surface area is 139 Å². The normalized spacial score (nSPS) is 11.6. The summed E-state index contributed by atoms with van der Waals surface area (Å²) in [6.07, 6.45) is 3.21. The zero-order chi connectivity index (χ0) is 17.4. The van der Waals surface area contributed by atoms with Crippen molar-refractivity contribution in [1.82, 2.24) is 10.6 Å². The van der Waals surface area contributed by atoms with Crippen LogP contribution in [0.4, 0.5) is 4.39 Å². The summed E-state index contributed by atoms with van der Waals surface area (Å²) in [4.78, 5) is 23.7. The van der Waals surface area contributed by atoms with E-state index in [0.29, 0.717) is 18.5 Å². The van der Waals surface area contributed by atoms with Crippen molar-refractivity contribution >= 4 is 11.8 Å². The lowest BCUT2D eigenvalue weighted by Gasteiger charge is -2.13. The van der Waals surface area contributed by atoms with E-state index in [9.17, 15) is 14.0 Å². The number of halogens is 1. The fourth-order valence-electron chi connectivity index (χ4n) is 1.92. The van der Waals surface area contributed by atoms with Crippen LogP contribution in [0, 0.1) is 5.82 Å². The molecule has 0 aliphatic carbocycles. The first-order chi connectivity index (χ1) is 11.6. The Morgan fingerprint density at radius 1 is 1.29 bits per heavy atom. The Morgan fingerprint density at radius 3 is 2.79 bits per heavy atom. The zero-order valence-corrected chi connectivity index (χ0v) is 13.3. The molecule has 0 spiro atoms. The van der Waals surface area contributed by atoms with Crippen molar-refractivity contribution in [3.8, 4) is 5.75 Å². The second-order valence-electron chi connectivity index (χ2n) is 5.13. The van der Waals surface area contributed by atoms with Crippen molar-refractivity contribution in [2.24, 2.45) is 0 Å². The van der Waals surface area contributed by atoms with E-state index >= 15 is 0 Å². The molecule has 1 atom stereocenters. The molecular formula is C17H19FN2O4. The maximum Gasteiger partial charge on any atom is 0.255 e. The van der Waals surface area contributed by atoms with Gasteiger partial charge in [-0.1, -0.05) is 12.1 Å². The highest BCUT2D eigenvalue weighted by atomic mass is 19.1. The highest BCUT2D eigenvalue weighted by molar-refractivity contribution is 5.97. The number of carbonyl (C=O) groups is 2. The maximum absolute atomic E-state index is 13.3. The lowest BCUT2D eigenvalue weighted by Crippen LogP contribution is -2.45. The van der Waals surface area contributed by atoms with Crippen molar-refractivity contribution in [2.75, 3.05) is 13.2 Å². The van der Waals surface area contributed by atoms with Crippen LogP contribution in [0.3, 0.4) is 0 Å². The molecule has 1 aromatic carbocycles. The summed E-state index contributed by atoms with van der Waals surface area (Å²) in [5.74, 6) is -0.922. The van der Waals surface area contributed by atoms with Crippen LogP contribution in [-0.4, -0.2) is 31.0 Å². The van der Waals surface area contributed by atoms with E-state index < -0.39 is 11.9 Å². The molecule has 0 fully saturated rings. The van der Waals surface area contributed by atoms with Crippen LogP contribution < -0.4 is 15.4 Å². The number of hydrogen-bond donors (Lipinski definition) is 2. The largest absolute Gasteiger partial charge is 0.490 e. The van der Waals surface area contributed by atoms with Gasteiger partial charge in [0.05, 0.1) is 18.4 Å². The third-order valence-electron chi connectivity index (χ3n) is 3.24. The molecule has 0 unspecified atom stereocenters. The molecule has 2 amide bonds. The number of ether oxygens (including phenoxy) is 1. The first-order valence-electron chi connectivity index (χ1n) is 7.56. The molecule has 6 nitrogen and oxygen atoms in total. The molecule has 0 aliphatic heterocycles. The van der Waals surface area contributed by atoms with Gasteiger partial charge in [-0.25, -0.2) is 4.39 Å². The van der Waals surface area contributed by atoms with Crippen molar-refractivity contribution < 1.29 is 23.1 Å². The van der Waals surface area contributed by atoms with Gasteiger partial charge in [-0.05, 0) is 31.5 Å². The van der Waals surface area contributed by atoms with Gasteiger partial charge in [-0.3, -0.25) is 9.59 Å². The summed E-state index contributed by atoms with van der Waals surface area (Å²) < 4.78 is 23.4. The van der Waals surface area contributed by atoms with Gasteiger partial charge in [0.15, 0.2) is 11.6 Å². The van der Waals surface area contributed by atoms with E-state index in [4.69, 9.17) is 9.15 Å². The van der Waals surface area contributed by atoms with E-state index in [1.165, 1.54) is 24.7 Å². The van der Waals surface area contributed by atoms with Gasteiger partial charge in [0, 0.05) is 6.54 Å². The van der Waals surface area contributed by atoms with Gasteiger partial charge < -0.3 is 19.8 Å². The van der Waals surface area contributed by atoms with Crippen molar-refractivity contribution in [1.29, 1.82) is 0 Å². The number of rotatable bonds is 8. The van der Waals surface area contributed by atoms with Gasteiger partial charge >= 0.3 is 0 Å². The van der Waals surface area contributed by atoms with E-state index in [1.54, 1.807) is 25.1 Å². The van der Waals surface area contributed by atoms with E-state index in [1.807, 2.05) is 0 Å². The lowest BCUT2D eigenvalue weighted by atomic mass is 10.2. The molecule has 24 heavy (non-hydrogen) atoms. The average Bonchev–Trinajstić information content (AvgIpc) is 3.10. The summed E-state index contributed by atoms with van der Waals surface area (Å²) in [6.45, 7) is 2.22. The fourth-order valence-corrected chi connectivity index (χ4v) is 1.92. The smallest absolute Gasteiger partial charge is 0.255 e. The minimum Gasteiger partial charge on any atom is -0.490 e. The summed E-state index contributed by atoms with van der Waals surface area (Å²) >= 11 is 0. The number of furan rings is 1. The number of amides is 2. The zero-order valence-electron chi connectivity index (χ0n) is 13.3. The van der Waals surface area contributed by atoms with Crippen LogP contribution in [0.5, 0.6) is 5.75 Å². The third-order valence-corrected chi connectivity index (χ3v) is 3.24. The summed E-state index contributed by atoms with van der Waals surface area (Å²) in [6, 6.07) is 6.97. The molecule has 128 valence electrons. The molecule has 0 bridgehead atoms. The minimum atomic E-state index is -0.681. The molecule has 2 aromatic rings. The highest BCUT2D eigenvalue weighted by Crippen LogP contribution is 2.15. The molecule has 1 heterocycles. The first kappa shape index (κ1) is 17.5. The van der Waals surface area contributed by atoms with Crippen LogP contribution in [0.15, 0.2) is 47.3 Å². The van der Waals surface area contributed by atoms with Crippen LogP contribution >= 0.6 is 0 Å². The van der Waals surface area contributed by atoms with Crippen molar-refractivity contribution in [3.05, 3.63) is 54.2 Å². The molecule has 0 aliphatic rings. The number of nitrogens with one attached hydrogen (secondary N) is 2. The minimum absolute atomic E-state index is 0.185. The molecular weight excluding hydrogens is 315 g/mol. The molecule has 2 N–H and O–H groups in total. The van der Waals surface area contributed by atoms with Gasteiger partial charge in [-0.2, -0.15) is 0 Å². The summed E-state index contributed by atoms with van der Waals surface area (Å²) in [5, 5.41) is 5.25. The van der Waals surface area contributed by atoms with Crippen molar-refractivity contribution in [2.45, 2.75) is 19.4 Å².